The van der Waals surface area contributed by atoms with E-state index >= 15 is 0 Å². The summed E-state index contributed by atoms with van der Waals surface area (Å²) in [7, 11) is 0. The molecule has 1 rings (SSSR count). The summed E-state index contributed by atoms with van der Waals surface area (Å²) in [5.74, 6) is -6.85. The first-order chi connectivity index (χ1) is 13.5. The van der Waals surface area contributed by atoms with Gasteiger partial charge >= 0.3 is 24.1 Å². The van der Waals surface area contributed by atoms with Crippen molar-refractivity contribution in [2.75, 3.05) is 13.2 Å². The third kappa shape index (κ3) is 6.77. The molecule has 0 spiro atoms. The smallest absolute Gasteiger partial charge is 0.417 e. The van der Waals surface area contributed by atoms with E-state index < -0.39 is 59.5 Å². The van der Waals surface area contributed by atoms with Crippen LogP contribution in [0.1, 0.15) is 36.2 Å². The van der Waals surface area contributed by atoms with Gasteiger partial charge in [0, 0.05) is 0 Å². The van der Waals surface area contributed by atoms with Crippen LogP contribution in [0.15, 0.2) is 24.3 Å². The Kier molecular flexibility index (Phi) is 8.61. The van der Waals surface area contributed by atoms with Gasteiger partial charge in [-0.2, -0.15) is 13.2 Å². The number of aliphatic carboxylic acids is 1. The van der Waals surface area contributed by atoms with Crippen LogP contribution in [0.25, 0.3) is 0 Å². The summed E-state index contributed by atoms with van der Waals surface area (Å²) in [6.07, 6.45) is -5.61. The quantitative estimate of drug-likeness (QED) is 0.588. The molecule has 160 valence electrons. The van der Waals surface area contributed by atoms with Crippen molar-refractivity contribution in [1.82, 2.24) is 5.32 Å². The molecule has 8 nitrogen and oxygen atoms in total. The number of rotatable bonds is 9. The minimum Gasteiger partial charge on any atom is -0.480 e. The molecule has 0 aliphatic rings. The number of nitrogens with one attached hydrogen (secondary N) is 1. The van der Waals surface area contributed by atoms with Crippen LogP contribution in [0.3, 0.4) is 0 Å². The summed E-state index contributed by atoms with van der Waals surface area (Å²) in [6, 6.07) is 1.73. The molecular weight excluding hydrogens is 399 g/mol. The minimum atomic E-state index is -4.86. The number of amides is 1. The maximum Gasteiger partial charge on any atom is 0.417 e. The number of alkyl halides is 3. The predicted octanol–water partition coefficient (Wildman–Crippen LogP) is 2.02. The highest BCUT2D eigenvalue weighted by Crippen LogP contribution is 2.32. The molecule has 1 aromatic rings. The predicted molar refractivity (Wildman–Crippen MR) is 91.7 cm³/mol. The number of carbonyl (C=O) groups excluding carboxylic acids is 3. The highest BCUT2D eigenvalue weighted by atomic mass is 19.4. The van der Waals surface area contributed by atoms with Crippen LogP contribution in [-0.4, -0.2) is 48.2 Å². The lowest BCUT2D eigenvalue weighted by Crippen LogP contribution is -2.50. The second-order valence-corrected chi connectivity index (χ2v) is 5.70. The molecule has 0 aliphatic heterocycles. The molecule has 1 amide bonds. The van der Waals surface area contributed by atoms with Crippen LogP contribution < -0.4 is 5.32 Å². The summed E-state index contributed by atoms with van der Waals surface area (Å²) in [6.45, 7) is 2.74. The SMILES string of the molecule is CCOC(=O)C[C@@H](C(=O)OCC)[C@@H](NC(=O)c1ccccc1C(F)(F)F)C(=O)O. The number of carboxylic acids is 1. The summed E-state index contributed by atoms with van der Waals surface area (Å²) < 4.78 is 48.8. The molecular formula is C18H20F3NO7. The fourth-order valence-corrected chi connectivity index (χ4v) is 2.47. The Morgan fingerprint density at radius 3 is 2.17 bits per heavy atom. The van der Waals surface area contributed by atoms with Crippen LogP contribution in [0.4, 0.5) is 13.2 Å². The van der Waals surface area contributed by atoms with E-state index in [-0.39, 0.29) is 13.2 Å². The van der Waals surface area contributed by atoms with Gasteiger partial charge in [-0.05, 0) is 26.0 Å². The van der Waals surface area contributed by atoms with Crippen LogP contribution >= 0.6 is 0 Å². The molecule has 0 saturated carbocycles. The number of halogens is 3. The van der Waals surface area contributed by atoms with Crippen LogP contribution in [0.2, 0.25) is 0 Å². The zero-order chi connectivity index (χ0) is 22.2. The van der Waals surface area contributed by atoms with Crippen molar-refractivity contribution in [2.24, 2.45) is 5.92 Å². The van der Waals surface area contributed by atoms with Gasteiger partial charge in [0.25, 0.3) is 5.91 Å². The molecule has 0 radical (unpaired) electrons. The molecule has 0 fully saturated rings. The summed E-state index contributed by atoms with van der Waals surface area (Å²) in [5, 5.41) is 11.3. The van der Waals surface area contributed by atoms with E-state index in [1.807, 2.05) is 5.32 Å². The highest BCUT2D eigenvalue weighted by molar-refractivity contribution is 5.99. The fourth-order valence-electron chi connectivity index (χ4n) is 2.47. The molecule has 0 bridgehead atoms. The Bertz CT molecular complexity index is 764. The van der Waals surface area contributed by atoms with Gasteiger partial charge in [-0.15, -0.1) is 0 Å². The lowest BCUT2D eigenvalue weighted by Gasteiger charge is -2.23. The molecule has 0 unspecified atom stereocenters. The third-order valence-corrected chi connectivity index (χ3v) is 3.71. The van der Waals surface area contributed by atoms with Crippen LogP contribution in [-0.2, 0) is 30.0 Å². The molecule has 0 aromatic heterocycles. The Balaban J connectivity index is 3.23. The number of hydrogen-bond acceptors (Lipinski definition) is 6. The standard InChI is InChI=1S/C18H20F3NO7/c1-3-28-13(23)9-11(17(27)29-4-2)14(16(25)26)22-15(24)10-7-5-6-8-12(10)18(19,20)21/h5-8,11,14H,3-4,9H2,1-2H3,(H,22,24)(H,25,26)/t11-,14-/m1/s1. The second-order valence-electron chi connectivity index (χ2n) is 5.70. The van der Waals surface area contributed by atoms with Gasteiger partial charge in [0.15, 0.2) is 0 Å². The van der Waals surface area contributed by atoms with E-state index in [0.717, 1.165) is 12.1 Å². The van der Waals surface area contributed by atoms with E-state index in [2.05, 4.69) is 4.74 Å². The average molecular weight is 419 g/mol. The van der Waals surface area contributed by atoms with Crippen LogP contribution in [0.5, 0.6) is 0 Å². The highest BCUT2D eigenvalue weighted by Gasteiger charge is 2.40. The summed E-state index contributed by atoms with van der Waals surface area (Å²) in [4.78, 5) is 47.9. The average Bonchev–Trinajstić information content (AvgIpc) is 2.63. The molecule has 29 heavy (non-hydrogen) atoms. The van der Waals surface area contributed by atoms with Crippen molar-refractivity contribution in [3.05, 3.63) is 35.4 Å². The van der Waals surface area contributed by atoms with Gasteiger partial charge in [0.1, 0.15) is 6.04 Å². The molecule has 1 aromatic carbocycles. The fraction of sp³-hybridized carbons (Fsp3) is 0.444. The van der Waals surface area contributed by atoms with Gasteiger partial charge in [-0.25, -0.2) is 4.79 Å². The number of carbonyl (C=O) groups is 4. The number of esters is 2. The Morgan fingerprint density at radius 2 is 1.66 bits per heavy atom. The molecule has 2 atom stereocenters. The topological polar surface area (TPSA) is 119 Å². The van der Waals surface area contributed by atoms with E-state index in [1.165, 1.54) is 19.9 Å². The van der Waals surface area contributed by atoms with Crippen molar-refractivity contribution >= 4 is 23.8 Å². The first kappa shape index (κ1) is 23.9. The van der Waals surface area contributed by atoms with Crippen LogP contribution in [0, 0.1) is 5.92 Å². The molecule has 0 saturated heterocycles. The maximum absolute atomic E-state index is 13.1. The summed E-state index contributed by atoms with van der Waals surface area (Å²) in [5.41, 5.74) is -2.11. The van der Waals surface area contributed by atoms with Crippen molar-refractivity contribution in [1.29, 1.82) is 0 Å². The minimum absolute atomic E-state index is 0.0442. The zero-order valence-corrected chi connectivity index (χ0v) is 15.6. The Labute approximate surface area is 164 Å². The van der Waals surface area contributed by atoms with E-state index in [4.69, 9.17) is 4.74 Å². The van der Waals surface area contributed by atoms with E-state index in [1.54, 1.807) is 0 Å². The van der Waals surface area contributed by atoms with Crippen molar-refractivity contribution in [2.45, 2.75) is 32.5 Å². The first-order valence-electron chi connectivity index (χ1n) is 8.55. The number of carboxylic acid groups (broad SMARTS) is 1. The zero-order valence-electron chi connectivity index (χ0n) is 15.6. The molecule has 2 N–H and O–H groups in total. The van der Waals surface area contributed by atoms with Gasteiger partial charge in [-0.1, -0.05) is 12.1 Å². The first-order valence-corrected chi connectivity index (χ1v) is 8.55. The van der Waals surface area contributed by atoms with Gasteiger partial charge in [0.2, 0.25) is 0 Å². The van der Waals surface area contributed by atoms with E-state index in [9.17, 15) is 37.5 Å². The number of ether oxygens (including phenoxy) is 2. The largest absolute Gasteiger partial charge is 0.480 e. The van der Waals surface area contributed by atoms with Gasteiger partial charge < -0.3 is 19.9 Å². The van der Waals surface area contributed by atoms with Crippen molar-refractivity contribution in [3.63, 3.8) is 0 Å². The van der Waals surface area contributed by atoms with Crippen molar-refractivity contribution < 1.29 is 46.9 Å². The van der Waals surface area contributed by atoms with Crippen molar-refractivity contribution in [3.8, 4) is 0 Å². The molecule has 11 heteroatoms. The lowest BCUT2D eigenvalue weighted by molar-refractivity contribution is -0.159. The van der Waals surface area contributed by atoms with Gasteiger partial charge in [0.05, 0.1) is 36.7 Å². The Hall–Kier alpha value is -3.11. The monoisotopic (exact) mass is 419 g/mol. The number of benzene rings is 1. The van der Waals surface area contributed by atoms with Gasteiger partial charge in [-0.3, -0.25) is 14.4 Å². The second kappa shape index (κ2) is 10.4. The normalized spacial score (nSPS) is 13.1. The molecule has 0 heterocycles. The third-order valence-electron chi connectivity index (χ3n) is 3.71. The Morgan fingerprint density at radius 1 is 1.07 bits per heavy atom. The summed E-state index contributed by atoms with van der Waals surface area (Å²) >= 11 is 0. The lowest BCUT2D eigenvalue weighted by atomic mass is 9.95. The molecule has 0 aliphatic carbocycles. The number of hydrogen-bond donors (Lipinski definition) is 2. The van der Waals surface area contributed by atoms with E-state index in [0.29, 0.717) is 6.07 Å². The maximum atomic E-state index is 13.1.